The van der Waals surface area contributed by atoms with Crippen LogP contribution in [0, 0.1) is 0 Å². The molecule has 0 unspecified atom stereocenters. The molecule has 2 fully saturated rings. The number of benzene rings is 2. The van der Waals surface area contributed by atoms with Gasteiger partial charge in [0.05, 0.1) is 11.6 Å². The van der Waals surface area contributed by atoms with Gasteiger partial charge in [-0.05, 0) is 49.2 Å². The fourth-order valence-corrected chi connectivity index (χ4v) is 5.82. The van der Waals surface area contributed by atoms with Gasteiger partial charge in [-0.25, -0.2) is 8.42 Å². The van der Waals surface area contributed by atoms with Crippen molar-refractivity contribution in [2.75, 3.05) is 44.1 Å². The van der Waals surface area contributed by atoms with E-state index in [9.17, 15) is 13.2 Å². The summed E-state index contributed by atoms with van der Waals surface area (Å²) in [6, 6.07) is 15.2. The van der Waals surface area contributed by atoms with Crippen molar-refractivity contribution in [2.24, 2.45) is 0 Å². The molecule has 8 nitrogen and oxygen atoms in total. The Morgan fingerprint density at radius 1 is 1.03 bits per heavy atom. The molecule has 2 saturated heterocycles. The minimum absolute atomic E-state index is 0.0376. The van der Waals surface area contributed by atoms with E-state index in [2.05, 4.69) is 14.6 Å². The molecule has 178 valence electrons. The van der Waals surface area contributed by atoms with Gasteiger partial charge < -0.3 is 9.64 Å². The average molecular weight is 481 g/mol. The van der Waals surface area contributed by atoms with Crippen molar-refractivity contribution in [3.63, 3.8) is 0 Å². The summed E-state index contributed by atoms with van der Waals surface area (Å²) in [5.74, 6) is -0.0376. The monoisotopic (exact) mass is 480 g/mol. The highest BCUT2D eigenvalue weighted by atomic mass is 32.2. The highest BCUT2D eigenvalue weighted by Gasteiger charge is 2.25. The molecule has 2 aliphatic heterocycles. The number of carbonyl (C=O) groups is 1. The third kappa shape index (κ3) is 4.91. The van der Waals surface area contributed by atoms with Gasteiger partial charge in [-0.2, -0.15) is 0 Å². The van der Waals surface area contributed by atoms with Gasteiger partial charge in [0, 0.05) is 62.2 Å². The summed E-state index contributed by atoms with van der Waals surface area (Å²) in [4.78, 5) is 21.5. The molecule has 2 aliphatic rings. The number of nitrogens with one attached hydrogen (secondary N) is 1. The molecule has 0 radical (unpaired) electrons. The normalized spacial score (nSPS) is 19.4. The van der Waals surface area contributed by atoms with E-state index >= 15 is 0 Å². The molecule has 0 aliphatic carbocycles. The van der Waals surface area contributed by atoms with Crippen molar-refractivity contribution in [1.82, 2.24) is 14.8 Å². The van der Waals surface area contributed by atoms with E-state index in [0.717, 1.165) is 44.5 Å². The van der Waals surface area contributed by atoms with Crippen LogP contribution < -0.4 is 4.72 Å². The van der Waals surface area contributed by atoms with Crippen LogP contribution in [-0.4, -0.2) is 74.5 Å². The average Bonchev–Trinajstić information content (AvgIpc) is 3.37. The molecule has 1 atom stereocenters. The SMILES string of the molecule is O=C(c1ccc(NS(=O)(=O)c2cccc3cccnc23)cc1)N1CCN(C[C@H]2CCCO2)CC1. The number of nitrogens with zero attached hydrogens (tertiary/aromatic N) is 3. The molecular weight excluding hydrogens is 452 g/mol. The van der Waals surface area contributed by atoms with Crippen molar-refractivity contribution in [1.29, 1.82) is 0 Å². The summed E-state index contributed by atoms with van der Waals surface area (Å²) in [7, 11) is -3.83. The molecule has 1 N–H and O–H groups in total. The number of sulfonamides is 1. The number of aromatic nitrogens is 1. The zero-order valence-corrected chi connectivity index (χ0v) is 19.7. The first-order valence-electron chi connectivity index (χ1n) is 11.6. The lowest BCUT2D eigenvalue weighted by atomic mass is 10.1. The molecule has 5 rings (SSSR count). The van der Waals surface area contributed by atoms with E-state index in [1.165, 1.54) is 6.07 Å². The number of carbonyl (C=O) groups excluding carboxylic acids is 1. The van der Waals surface area contributed by atoms with E-state index < -0.39 is 10.0 Å². The molecule has 1 aromatic heterocycles. The molecular formula is C25H28N4O4S. The Balaban J connectivity index is 1.22. The topological polar surface area (TPSA) is 91.8 Å². The van der Waals surface area contributed by atoms with Crippen LogP contribution >= 0.6 is 0 Å². The first-order chi connectivity index (χ1) is 16.5. The number of hydrogen-bond acceptors (Lipinski definition) is 6. The van der Waals surface area contributed by atoms with Crippen LogP contribution in [0.4, 0.5) is 5.69 Å². The van der Waals surface area contributed by atoms with E-state index in [-0.39, 0.29) is 10.8 Å². The Bertz CT molecular complexity index is 1260. The zero-order valence-electron chi connectivity index (χ0n) is 18.9. The quantitative estimate of drug-likeness (QED) is 0.583. The number of piperazine rings is 1. The maximum absolute atomic E-state index is 13.0. The van der Waals surface area contributed by atoms with Gasteiger partial charge in [-0.1, -0.05) is 18.2 Å². The van der Waals surface area contributed by atoms with Gasteiger partial charge in [0.1, 0.15) is 4.90 Å². The van der Waals surface area contributed by atoms with E-state index in [1.807, 2.05) is 17.0 Å². The van der Waals surface area contributed by atoms with Crippen molar-refractivity contribution in [3.05, 3.63) is 66.4 Å². The Morgan fingerprint density at radius 2 is 1.79 bits per heavy atom. The highest BCUT2D eigenvalue weighted by molar-refractivity contribution is 7.93. The van der Waals surface area contributed by atoms with Gasteiger partial charge in [-0.3, -0.25) is 19.4 Å². The summed E-state index contributed by atoms with van der Waals surface area (Å²) < 4.78 is 34.3. The lowest BCUT2D eigenvalue weighted by Gasteiger charge is -2.35. The van der Waals surface area contributed by atoms with E-state index in [0.29, 0.717) is 36.0 Å². The number of para-hydroxylation sites is 1. The van der Waals surface area contributed by atoms with Gasteiger partial charge in [0.2, 0.25) is 0 Å². The Hall–Kier alpha value is -3.01. The summed E-state index contributed by atoms with van der Waals surface area (Å²) >= 11 is 0. The van der Waals surface area contributed by atoms with Gasteiger partial charge in [0.15, 0.2) is 0 Å². The van der Waals surface area contributed by atoms with Gasteiger partial charge >= 0.3 is 0 Å². The number of ether oxygens (including phenoxy) is 1. The lowest BCUT2D eigenvalue weighted by molar-refractivity contribution is 0.0433. The van der Waals surface area contributed by atoms with Crippen LogP contribution in [0.5, 0.6) is 0 Å². The van der Waals surface area contributed by atoms with Crippen LogP contribution in [0.3, 0.4) is 0 Å². The summed E-state index contributed by atoms with van der Waals surface area (Å²) in [6.07, 6.45) is 4.15. The maximum atomic E-state index is 13.0. The summed E-state index contributed by atoms with van der Waals surface area (Å²) in [5, 5.41) is 0.752. The molecule has 1 amide bonds. The summed E-state index contributed by atoms with van der Waals surface area (Å²) in [6.45, 7) is 4.81. The summed E-state index contributed by atoms with van der Waals surface area (Å²) in [5.41, 5.74) is 1.36. The van der Waals surface area contributed by atoms with E-state index in [4.69, 9.17) is 4.74 Å². The smallest absolute Gasteiger partial charge is 0.264 e. The lowest BCUT2D eigenvalue weighted by Crippen LogP contribution is -2.50. The van der Waals surface area contributed by atoms with Crippen LogP contribution in [0.2, 0.25) is 0 Å². The third-order valence-electron chi connectivity index (χ3n) is 6.41. The Kier molecular flexibility index (Phi) is 6.49. The van der Waals surface area contributed by atoms with Crippen LogP contribution in [0.25, 0.3) is 10.9 Å². The van der Waals surface area contributed by atoms with Crippen LogP contribution in [0.15, 0.2) is 65.7 Å². The first-order valence-corrected chi connectivity index (χ1v) is 13.1. The molecule has 3 heterocycles. The molecule has 3 aromatic rings. The number of hydrogen-bond donors (Lipinski definition) is 1. The van der Waals surface area contributed by atoms with Crippen LogP contribution in [0.1, 0.15) is 23.2 Å². The molecule has 34 heavy (non-hydrogen) atoms. The number of pyridine rings is 1. The highest BCUT2D eigenvalue weighted by Crippen LogP contribution is 2.24. The zero-order chi connectivity index (χ0) is 23.5. The third-order valence-corrected chi connectivity index (χ3v) is 7.83. The minimum atomic E-state index is -3.83. The standard InChI is InChI=1S/C25H28N4O4S/c30-25(29-15-13-28(14-16-29)18-22-6-3-17-33-22)20-8-10-21(11-9-20)27-34(31,32)23-7-1-4-19-5-2-12-26-24(19)23/h1-2,4-5,7-12,22,27H,3,6,13-18H2/t22-/m1/s1. The van der Waals surface area contributed by atoms with Crippen LogP contribution in [-0.2, 0) is 14.8 Å². The Morgan fingerprint density at radius 3 is 2.53 bits per heavy atom. The Labute approximate surface area is 199 Å². The fraction of sp³-hybridized carbons (Fsp3) is 0.360. The second-order valence-corrected chi connectivity index (χ2v) is 10.4. The number of rotatable bonds is 6. The second kappa shape index (κ2) is 9.69. The van der Waals surface area contributed by atoms with Gasteiger partial charge in [-0.15, -0.1) is 0 Å². The molecule has 2 aromatic carbocycles. The molecule has 0 spiro atoms. The maximum Gasteiger partial charge on any atom is 0.264 e. The second-order valence-electron chi connectivity index (χ2n) is 8.74. The number of amides is 1. The predicted molar refractivity (Wildman–Crippen MR) is 130 cm³/mol. The molecule has 0 saturated carbocycles. The molecule has 0 bridgehead atoms. The molecule has 9 heteroatoms. The predicted octanol–water partition coefficient (Wildman–Crippen LogP) is 2.97. The van der Waals surface area contributed by atoms with Gasteiger partial charge in [0.25, 0.3) is 15.9 Å². The van der Waals surface area contributed by atoms with Crippen molar-refractivity contribution in [2.45, 2.75) is 23.8 Å². The first kappa shape index (κ1) is 22.8. The van der Waals surface area contributed by atoms with Crippen molar-refractivity contribution >= 4 is 32.5 Å². The van der Waals surface area contributed by atoms with E-state index in [1.54, 1.807) is 42.6 Å². The number of fused-ring (bicyclic) bond motifs is 1. The minimum Gasteiger partial charge on any atom is -0.377 e. The van der Waals surface area contributed by atoms with Crippen molar-refractivity contribution < 1.29 is 17.9 Å². The largest absolute Gasteiger partial charge is 0.377 e. The number of anilines is 1. The van der Waals surface area contributed by atoms with Crippen molar-refractivity contribution in [3.8, 4) is 0 Å². The fourth-order valence-electron chi connectivity index (χ4n) is 4.58.